The first-order chi connectivity index (χ1) is 9.58. The molecular weight excluding hydrogens is 292 g/mol. The molecule has 0 atom stereocenters. The molecule has 0 bridgehead atoms. The van der Waals surface area contributed by atoms with Crippen molar-refractivity contribution < 1.29 is 4.79 Å². The van der Waals surface area contributed by atoms with Crippen molar-refractivity contribution in [3.63, 3.8) is 0 Å². The summed E-state index contributed by atoms with van der Waals surface area (Å²) in [5.74, 6) is 0.481. The topological polar surface area (TPSA) is 51.0 Å². The minimum atomic E-state index is 0.0988. The highest BCUT2D eigenvalue weighted by Gasteiger charge is 2.14. The standard InChI is InChI=1S/C13H18N4OS2/c1-10(2)17-9-14-15-13(17)20-8-12(18)16(3)7-11-5-4-6-19-11/h4-6,9-10H,7-8H2,1-3H3. The summed E-state index contributed by atoms with van der Waals surface area (Å²) in [6.07, 6.45) is 1.70. The van der Waals surface area contributed by atoms with Gasteiger partial charge in [-0.1, -0.05) is 17.8 Å². The maximum absolute atomic E-state index is 12.1. The number of thiophene rings is 1. The first-order valence-corrected chi connectivity index (χ1v) is 8.23. The Bertz CT molecular complexity index is 550. The molecule has 0 unspecified atom stereocenters. The van der Waals surface area contributed by atoms with Gasteiger partial charge in [-0.15, -0.1) is 21.5 Å². The quantitative estimate of drug-likeness (QED) is 0.770. The predicted molar refractivity (Wildman–Crippen MR) is 81.9 cm³/mol. The fourth-order valence-corrected chi connectivity index (χ4v) is 3.39. The molecule has 0 saturated heterocycles. The van der Waals surface area contributed by atoms with Crippen LogP contribution in [0.2, 0.25) is 0 Å². The maximum Gasteiger partial charge on any atom is 0.233 e. The average molecular weight is 310 g/mol. The first kappa shape index (κ1) is 15.1. The Morgan fingerprint density at radius 3 is 3.00 bits per heavy atom. The van der Waals surface area contributed by atoms with Gasteiger partial charge in [0.05, 0.1) is 12.3 Å². The van der Waals surface area contributed by atoms with Crippen LogP contribution in [0.5, 0.6) is 0 Å². The van der Waals surface area contributed by atoms with Crippen molar-refractivity contribution >= 4 is 29.0 Å². The van der Waals surface area contributed by atoms with Crippen LogP contribution < -0.4 is 0 Å². The highest BCUT2D eigenvalue weighted by atomic mass is 32.2. The monoisotopic (exact) mass is 310 g/mol. The minimum Gasteiger partial charge on any atom is -0.340 e. The van der Waals surface area contributed by atoms with E-state index in [1.54, 1.807) is 22.6 Å². The molecule has 5 nitrogen and oxygen atoms in total. The second-order valence-electron chi connectivity index (χ2n) is 4.73. The number of carbonyl (C=O) groups is 1. The number of rotatable bonds is 6. The number of carbonyl (C=O) groups excluding carboxylic acids is 1. The van der Waals surface area contributed by atoms with Crippen LogP contribution in [-0.2, 0) is 11.3 Å². The van der Waals surface area contributed by atoms with Gasteiger partial charge in [-0.3, -0.25) is 4.79 Å². The lowest BCUT2D eigenvalue weighted by atomic mass is 10.4. The number of thioether (sulfide) groups is 1. The molecule has 0 radical (unpaired) electrons. The van der Waals surface area contributed by atoms with Crippen molar-refractivity contribution in [2.75, 3.05) is 12.8 Å². The largest absolute Gasteiger partial charge is 0.340 e. The number of aromatic nitrogens is 3. The molecule has 0 aliphatic heterocycles. The third-order valence-corrected chi connectivity index (χ3v) is 4.62. The van der Waals surface area contributed by atoms with Gasteiger partial charge in [-0.05, 0) is 25.3 Å². The van der Waals surface area contributed by atoms with Crippen LogP contribution in [0.1, 0.15) is 24.8 Å². The summed E-state index contributed by atoms with van der Waals surface area (Å²) in [7, 11) is 1.83. The summed E-state index contributed by atoms with van der Waals surface area (Å²) in [4.78, 5) is 15.0. The van der Waals surface area contributed by atoms with Crippen LogP contribution in [0.25, 0.3) is 0 Å². The zero-order valence-electron chi connectivity index (χ0n) is 11.8. The highest BCUT2D eigenvalue weighted by molar-refractivity contribution is 7.99. The van der Waals surface area contributed by atoms with Gasteiger partial charge in [0.15, 0.2) is 5.16 Å². The molecule has 7 heteroatoms. The second-order valence-corrected chi connectivity index (χ2v) is 6.71. The highest BCUT2D eigenvalue weighted by Crippen LogP contribution is 2.19. The lowest BCUT2D eigenvalue weighted by molar-refractivity contribution is -0.127. The van der Waals surface area contributed by atoms with E-state index in [0.29, 0.717) is 18.3 Å². The molecule has 0 spiro atoms. The number of hydrogen-bond donors (Lipinski definition) is 0. The van der Waals surface area contributed by atoms with E-state index in [9.17, 15) is 4.79 Å². The maximum atomic E-state index is 12.1. The van der Waals surface area contributed by atoms with Gasteiger partial charge in [0.1, 0.15) is 6.33 Å². The van der Waals surface area contributed by atoms with Crippen molar-refractivity contribution in [3.05, 3.63) is 28.7 Å². The Morgan fingerprint density at radius 1 is 1.55 bits per heavy atom. The molecule has 0 N–H and O–H groups in total. The summed E-state index contributed by atoms with van der Waals surface area (Å²) in [6.45, 7) is 4.80. The van der Waals surface area contributed by atoms with Crippen LogP contribution in [0.4, 0.5) is 0 Å². The Balaban J connectivity index is 1.87. The Labute approximate surface area is 127 Å². The normalized spacial score (nSPS) is 11.0. The van der Waals surface area contributed by atoms with Crippen molar-refractivity contribution in [3.8, 4) is 0 Å². The molecule has 2 rings (SSSR count). The molecule has 2 aromatic rings. The van der Waals surface area contributed by atoms with Crippen LogP contribution in [0.3, 0.4) is 0 Å². The van der Waals surface area contributed by atoms with E-state index in [-0.39, 0.29) is 5.91 Å². The van der Waals surface area contributed by atoms with Crippen molar-refractivity contribution in [1.82, 2.24) is 19.7 Å². The number of amides is 1. The summed E-state index contributed by atoms with van der Waals surface area (Å²) >= 11 is 3.10. The predicted octanol–water partition coefficient (Wildman–Crippen LogP) is 2.67. The molecule has 0 aromatic carbocycles. The third-order valence-electron chi connectivity index (χ3n) is 2.82. The molecule has 1 amide bonds. The molecule has 2 heterocycles. The van der Waals surface area contributed by atoms with E-state index >= 15 is 0 Å². The number of nitrogens with zero attached hydrogens (tertiary/aromatic N) is 4. The van der Waals surface area contributed by atoms with Crippen molar-refractivity contribution in [2.45, 2.75) is 31.6 Å². The molecule has 0 saturated carbocycles. The minimum absolute atomic E-state index is 0.0988. The van der Waals surface area contributed by atoms with E-state index in [4.69, 9.17) is 0 Å². The lowest BCUT2D eigenvalue weighted by Crippen LogP contribution is -2.27. The zero-order chi connectivity index (χ0) is 14.5. The van der Waals surface area contributed by atoms with Gasteiger partial charge in [-0.25, -0.2) is 0 Å². The van der Waals surface area contributed by atoms with Crippen LogP contribution in [0.15, 0.2) is 29.0 Å². The second kappa shape index (κ2) is 6.90. The summed E-state index contributed by atoms with van der Waals surface area (Å²) in [5, 5.41) is 10.8. The van der Waals surface area contributed by atoms with Gasteiger partial charge in [0.2, 0.25) is 5.91 Å². The average Bonchev–Trinajstić information content (AvgIpc) is 3.06. The molecular formula is C13H18N4OS2. The van der Waals surface area contributed by atoms with E-state index in [2.05, 4.69) is 24.0 Å². The molecule has 0 aliphatic carbocycles. The van der Waals surface area contributed by atoms with Gasteiger partial charge in [0.25, 0.3) is 0 Å². The third kappa shape index (κ3) is 3.83. The van der Waals surface area contributed by atoms with E-state index in [1.165, 1.54) is 16.6 Å². The van der Waals surface area contributed by atoms with Gasteiger partial charge in [0, 0.05) is 18.0 Å². The van der Waals surface area contributed by atoms with Crippen LogP contribution in [-0.4, -0.2) is 38.4 Å². The zero-order valence-corrected chi connectivity index (χ0v) is 13.4. The summed E-state index contributed by atoms with van der Waals surface area (Å²) < 4.78 is 1.97. The van der Waals surface area contributed by atoms with Crippen LogP contribution in [0, 0.1) is 0 Å². The molecule has 20 heavy (non-hydrogen) atoms. The Hall–Kier alpha value is -1.34. The van der Waals surface area contributed by atoms with E-state index in [1.807, 2.05) is 29.1 Å². The fourth-order valence-electron chi connectivity index (χ4n) is 1.65. The summed E-state index contributed by atoms with van der Waals surface area (Å²) in [6, 6.07) is 4.33. The lowest BCUT2D eigenvalue weighted by Gasteiger charge is -2.16. The fraction of sp³-hybridized carbons (Fsp3) is 0.462. The first-order valence-electron chi connectivity index (χ1n) is 6.36. The van der Waals surface area contributed by atoms with Crippen molar-refractivity contribution in [2.24, 2.45) is 0 Å². The molecule has 108 valence electrons. The van der Waals surface area contributed by atoms with Gasteiger partial charge < -0.3 is 9.47 Å². The number of hydrogen-bond acceptors (Lipinski definition) is 5. The molecule has 0 aliphatic rings. The van der Waals surface area contributed by atoms with E-state index < -0.39 is 0 Å². The smallest absolute Gasteiger partial charge is 0.233 e. The van der Waals surface area contributed by atoms with Gasteiger partial charge in [-0.2, -0.15) is 0 Å². The SMILES string of the molecule is CC(C)n1cnnc1SCC(=O)N(C)Cc1cccs1. The van der Waals surface area contributed by atoms with E-state index in [0.717, 1.165) is 5.16 Å². The Morgan fingerprint density at radius 2 is 2.35 bits per heavy atom. The van der Waals surface area contributed by atoms with Gasteiger partial charge >= 0.3 is 0 Å². The van der Waals surface area contributed by atoms with Crippen LogP contribution >= 0.6 is 23.1 Å². The Kier molecular flexibility index (Phi) is 5.19. The molecule has 2 aromatic heterocycles. The van der Waals surface area contributed by atoms with Crippen molar-refractivity contribution in [1.29, 1.82) is 0 Å². The summed E-state index contributed by atoms with van der Waals surface area (Å²) in [5.41, 5.74) is 0. The molecule has 0 fully saturated rings.